The van der Waals surface area contributed by atoms with Crippen molar-refractivity contribution in [2.24, 2.45) is 0 Å². The van der Waals surface area contributed by atoms with Crippen molar-refractivity contribution in [3.63, 3.8) is 0 Å². The molecule has 2 rings (SSSR count). The lowest BCUT2D eigenvalue weighted by Gasteiger charge is -2.23. The van der Waals surface area contributed by atoms with Gasteiger partial charge in [-0.1, -0.05) is 12.2 Å². The fraction of sp³-hybridized carbons (Fsp3) is 0.250. The fourth-order valence-corrected chi connectivity index (χ4v) is 1.70. The SMILES string of the molecule is O=C(c1ccc(O)cc1O)N1CC=CCC1. The predicted molar refractivity (Wildman–Crippen MR) is 59.4 cm³/mol. The molecule has 2 N–H and O–H groups in total. The minimum Gasteiger partial charge on any atom is -0.508 e. The molecule has 1 heterocycles. The minimum atomic E-state index is -0.207. The molecule has 1 amide bonds. The van der Waals surface area contributed by atoms with E-state index in [9.17, 15) is 9.90 Å². The Hall–Kier alpha value is -1.97. The van der Waals surface area contributed by atoms with E-state index in [1.807, 2.05) is 12.2 Å². The monoisotopic (exact) mass is 219 g/mol. The molecule has 1 aromatic rings. The van der Waals surface area contributed by atoms with Crippen LogP contribution in [-0.4, -0.2) is 34.1 Å². The Bertz CT molecular complexity index is 440. The van der Waals surface area contributed by atoms with E-state index in [1.54, 1.807) is 4.90 Å². The van der Waals surface area contributed by atoms with E-state index >= 15 is 0 Å². The molecule has 0 saturated heterocycles. The van der Waals surface area contributed by atoms with Gasteiger partial charge in [0, 0.05) is 19.2 Å². The van der Waals surface area contributed by atoms with Crippen molar-refractivity contribution in [1.29, 1.82) is 0 Å². The van der Waals surface area contributed by atoms with E-state index in [0.717, 1.165) is 6.42 Å². The normalized spacial score (nSPS) is 15.1. The number of rotatable bonds is 1. The standard InChI is InChI=1S/C12H13NO3/c14-9-4-5-10(11(15)8-9)12(16)13-6-2-1-3-7-13/h1-2,4-5,8,14-15H,3,6-7H2. The number of hydrogen-bond acceptors (Lipinski definition) is 3. The first kappa shape index (κ1) is 10.5. The van der Waals surface area contributed by atoms with Gasteiger partial charge < -0.3 is 15.1 Å². The van der Waals surface area contributed by atoms with Gasteiger partial charge in [-0.05, 0) is 18.6 Å². The maximum atomic E-state index is 12.0. The van der Waals surface area contributed by atoms with E-state index in [2.05, 4.69) is 0 Å². The van der Waals surface area contributed by atoms with Crippen LogP contribution in [0.15, 0.2) is 30.4 Å². The molecule has 0 unspecified atom stereocenters. The molecule has 0 saturated carbocycles. The molecule has 0 aromatic heterocycles. The summed E-state index contributed by atoms with van der Waals surface area (Å²) in [7, 11) is 0. The molecular weight excluding hydrogens is 206 g/mol. The highest BCUT2D eigenvalue weighted by Crippen LogP contribution is 2.24. The number of carbonyl (C=O) groups is 1. The zero-order valence-electron chi connectivity index (χ0n) is 8.76. The second-order valence-corrected chi connectivity index (χ2v) is 3.71. The summed E-state index contributed by atoms with van der Waals surface area (Å²) in [6, 6.07) is 4.01. The van der Waals surface area contributed by atoms with Crippen LogP contribution in [0.3, 0.4) is 0 Å². The first-order valence-electron chi connectivity index (χ1n) is 5.15. The van der Waals surface area contributed by atoms with Gasteiger partial charge in [-0.25, -0.2) is 0 Å². The molecule has 4 nitrogen and oxygen atoms in total. The Labute approximate surface area is 93.4 Å². The number of amides is 1. The Morgan fingerprint density at radius 3 is 2.69 bits per heavy atom. The molecule has 0 aliphatic carbocycles. The minimum absolute atomic E-state index is 0.0485. The highest BCUT2D eigenvalue weighted by molar-refractivity contribution is 5.97. The van der Waals surface area contributed by atoms with Crippen molar-refractivity contribution in [2.45, 2.75) is 6.42 Å². The Morgan fingerprint density at radius 2 is 2.06 bits per heavy atom. The van der Waals surface area contributed by atoms with Gasteiger partial charge in [0.2, 0.25) is 0 Å². The largest absolute Gasteiger partial charge is 0.508 e. The van der Waals surface area contributed by atoms with Crippen LogP contribution in [0.1, 0.15) is 16.8 Å². The van der Waals surface area contributed by atoms with Gasteiger partial charge in [-0.15, -0.1) is 0 Å². The lowest BCUT2D eigenvalue weighted by atomic mass is 10.1. The van der Waals surface area contributed by atoms with E-state index in [4.69, 9.17) is 5.11 Å². The van der Waals surface area contributed by atoms with Gasteiger partial charge in [-0.2, -0.15) is 0 Å². The van der Waals surface area contributed by atoms with Crippen molar-refractivity contribution in [2.75, 3.05) is 13.1 Å². The fourth-order valence-electron chi connectivity index (χ4n) is 1.70. The lowest BCUT2D eigenvalue weighted by Crippen LogP contribution is -2.33. The molecule has 1 aliphatic rings. The number of nitrogens with zero attached hydrogens (tertiary/aromatic N) is 1. The maximum absolute atomic E-state index is 12.0. The molecule has 84 valence electrons. The van der Waals surface area contributed by atoms with Crippen LogP contribution < -0.4 is 0 Å². The van der Waals surface area contributed by atoms with Gasteiger partial charge >= 0.3 is 0 Å². The van der Waals surface area contributed by atoms with Crippen LogP contribution in [0.25, 0.3) is 0 Å². The summed E-state index contributed by atoms with van der Waals surface area (Å²) >= 11 is 0. The van der Waals surface area contributed by atoms with Crippen LogP contribution in [0.5, 0.6) is 11.5 Å². The number of phenolic OH excluding ortho intramolecular Hbond substituents is 2. The first-order chi connectivity index (χ1) is 7.68. The molecule has 0 radical (unpaired) electrons. The lowest BCUT2D eigenvalue weighted by molar-refractivity contribution is 0.0768. The molecule has 16 heavy (non-hydrogen) atoms. The maximum Gasteiger partial charge on any atom is 0.257 e. The van der Waals surface area contributed by atoms with Crippen LogP contribution in [0.4, 0.5) is 0 Å². The number of carbonyl (C=O) groups excluding carboxylic acids is 1. The summed E-state index contributed by atoms with van der Waals surface area (Å²) in [5.74, 6) is -0.436. The summed E-state index contributed by atoms with van der Waals surface area (Å²) in [6.07, 6.45) is 4.80. The molecule has 1 aliphatic heterocycles. The molecule has 0 fully saturated rings. The number of aromatic hydroxyl groups is 2. The second-order valence-electron chi connectivity index (χ2n) is 3.71. The summed E-state index contributed by atoms with van der Waals surface area (Å²) in [4.78, 5) is 13.6. The van der Waals surface area contributed by atoms with Crippen molar-refractivity contribution in [3.8, 4) is 11.5 Å². The molecular formula is C12H13NO3. The average molecular weight is 219 g/mol. The van der Waals surface area contributed by atoms with E-state index < -0.39 is 0 Å². The van der Waals surface area contributed by atoms with Crippen molar-refractivity contribution < 1.29 is 15.0 Å². The quantitative estimate of drug-likeness (QED) is 0.704. The van der Waals surface area contributed by atoms with Gasteiger partial charge in [-0.3, -0.25) is 4.79 Å². The van der Waals surface area contributed by atoms with Gasteiger partial charge in [0.15, 0.2) is 0 Å². The molecule has 0 bridgehead atoms. The topological polar surface area (TPSA) is 60.8 Å². The molecule has 0 spiro atoms. The molecule has 1 aromatic carbocycles. The van der Waals surface area contributed by atoms with Crippen molar-refractivity contribution in [3.05, 3.63) is 35.9 Å². The van der Waals surface area contributed by atoms with Gasteiger partial charge in [0.05, 0.1) is 5.56 Å². The third-order valence-electron chi connectivity index (χ3n) is 2.56. The summed E-state index contributed by atoms with van der Waals surface area (Å²) in [5, 5.41) is 18.7. The number of benzene rings is 1. The van der Waals surface area contributed by atoms with Gasteiger partial charge in [0.1, 0.15) is 11.5 Å². The zero-order chi connectivity index (χ0) is 11.5. The average Bonchev–Trinajstić information content (AvgIpc) is 2.29. The predicted octanol–water partition coefficient (Wildman–Crippen LogP) is 1.50. The van der Waals surface area contributed by atoms with Crippen LogP contribution >= 0.6 is 0 Å². The second kappa shape index (κ2) is 4.26. The summed E-state index contributed by atoms with van der Waals surface area (Å²) in [6.45, 7) is 1.23. The highest BCUT2D eigenvalue weighted by atomic mass is 16.3. The summed E-state index contributed by atoms with van der Waals surface area (Å²) < 4.78 is 0. The third kappa shape index (κ3) is 2.00. The van der Waals surface area contributed by atoms with E-state index in [-0.39, 0.29) is 23.0 Å². The third-order valence-corrected chi connectivity index (χ3v) is 2.56. The Balaban J connectivity index is 2.23. The molecule has 4 heteroatoms. The van der Waals surface area contributed by atoms with E-state index in [1.165, 1.54) is 18.2 Å². The number of hydrogen-bond donors (Lipinski definition) is 2. The van der Waals surface area contributed by atoms with Crippen LogP contribution in [0.2, 0.25) is 0 Å². The first-order valence-corrected chi connectivity index (χ1v) is 5.15. The smallest absolute Gasteiger partial charge is 0.257 e. The zero-order valence-corrected chi connectivity index (χ0v) is 8.76. The van der Waals surface area contributed by atoms with Crippen molar-refractivity contribution >= 4 is 5.91 Å². The van der Waals surface area contributed by atoms with Crippen LogP contribution in [0, 0.1) is 0 Å². The van der Waals surface area contributed by atoms with Crippen LogP contribution in [-0.2, 0) is 0 Å². The Morgan fingerprint density at radius 1 is 1.25 bits per heavy atom. The van der Waals surface area contributed by atoms with Gasteiger partial charge in [0.25, 0.3) is 5.91 Å². The van der Waals surface area contributed by atoms with E-state index in [0.29, 0.717) is 13.1 Å². The summed E-state index contributed by atoms with van der Waals surface area (Å²) in [5.41, 5.74) is 0.230. The Kier molecular flexibility index (Phi) is 2.81. The van der Waals surface area contributed by atoms with Crippen molar-refractivity contribution in [1.82, 2.24) is 4.90 Å². The number of phenols is 2. The highest BCUT2D eigenvalue weighted by Gasteiger charge is 2.19. The molecule has 0 atom stereocenters.